The maximum Gasteiger partial charge on any atom is 0.146 e. The quantitative estimate of drug-likeness (QED) is 0.513. The lowest BCUT2D eigenvalue weighted by Crippen LogP contribution is -1.83. The minimum Gasteiger partial charge on any atom is -0.298 e. The highest BCUT2D eigenvalue weighted by Crippen LogP contribution is 2.09. The summed E-state index contributed by atoms with van der Waals surface area (Å²) in [7, 11) is 0. The van der Waals surface area contributed by atoms with Crippen molar-refractivity contribution in [1.29, 1.82) is 0 Å². The summed E-state index contributed by atoms with van der Waals surface area (Å²) >= 11 is 0. The van der Waals surface area contributed by atoms with Gasteiger partial charge >= 0.3 is 0 Å². The van der Waals surface area contributed by atoms with E-state index >= 15 is 0 Å². The van der Waals surface area contributed by atoms with Crippen LogP contribution >= 0.6 is 0 Å². The van der Waals surface area contributed by atoms with Gasteiger partial charge in [0.25, 0.3) is 0 Å². The van der Waals surface area contributed by atoms with Crippen molar-refractivity contribution in [3.63, 3.8) is 0 Å². The number of carbonyl (C=O) groups excluding carboxylic acids is 1. The molecule has 0 aliphatic carbocycles. The Bertz CT molecular complexity index is 329. The second-order valence-electron chi connectivity index (χ2n) is 2.75. The van der Waals surface area contributed by atoms with Crippen molar-refractivity contribution in [2.45, 2.75) is 13.3 Å². The lowest BCUT2D eigenvalue weighted by Gasteiger charge is -1.95. The molecule has 0 heterocycles. The summed E-state index contributed by atoms with van der Waals surface area (Å²) in [6.07, 6.45) is 3.15. The van der Waals surface area contributed by atoms with Gasteiger partial charge in [0.2, 0.25) is 0 Å². The van der Waals surface area contributed by atoms with Gasteiger partial charge in [-0.3, -0.25) is 4.79 Å². The maximum absolute atomic E-state index is 12.7. The lowest BCUT2D eigenvalue weighted by atomic mass is 10.1. The fourth-order valence-corrected chi connectivity index (χ4v) is 1.03. The SMILES string of the molecule is CCC(C=O)=Cc1cccc(F)c1. The Hall–Kier alpha value is -1.44. The number of allylic oxidation sites excluding steroid dienone is 1. The lowest BCUT2D eigenvalue weighted by molar-refractivity contribution is -0.104. The first-order valence-corrected chi connectivity index (χ1v) is 4.17. The van der Waals surface area contributed by atoms with E-state index in [0.717, 1.165) is 11.8 Å². The van der Waals surface area contributed by atoms with E-state index in [0.29, 0.717) is 12.0 Å². The molecule has 0 atom stereocenters. The van der Waals surface area contributed by atoms with Crippen LogP contribution in [-0.2, 0) is 4.79 Å². The Balaban J connectivity index is 2.95. The third-order valence-corrected chi connectivity index (χ3v) is 1.76. The smallest absolute Gasteiger partial charge is 0.146 e. The van der Waals surface area contributed by atoms with Crippen molar-refractivity contribution < 1.29 is 9.18 Å². The first-order valence-electron chi connectivity index (χ1n) is 4.17. The molecule has 68 valence electrons. The Morgan fingerprint density at radius 1 is 1.54 bits per heavy atom. The number of benzene rings is 1. The summed E-state index contributed by atoms with van der Waals surface area (Å²) in [5.74, 6) is -0.282. The molecule has 1 aromatic rings. The summed E-state index contributed by atoms with van der Waals surface area (Å²) in [5.41, 5.74) is 1.40. The van der Waals surface area contributed by atoms with Crippen LogP contribution in [0.5, 0.6) is 0 Å². The van der Waals surface area contributed by atoms with E-state index in [2.05, 4.69) is 0 Å². The van der Waals surface area contributed by atoms with Crippen LogP contribution in [0.4, 0.5) is 4.39 Å². The van der Waals surface area contributed by atoms with Crippen molar-refractivity contribution in [1.82, 2.24) is 0 Å². The predicted octanol–water partition coefficient (Wildman–Crippen LogP) is 2.82. The number of halogens is 1. The Morgan fingerprint density at radius 3 is 2.85 bits per heavy atom. The summed E-state index contributed by atoms with van der Waals surface area (Å²) in [4.78, 5) is 10.5. The average Bonchev–Trinajstić information content (AvgIpc) is 2.14. The van der Waals surface area contributed by atoms with E-state index in [9.17, 15) is 9.18 Å². The van der Waals surface area contributed by atoms with Crippen LogP contribution in [0.15, 0.2) is 29.8 Å². The molecule has 0 unspecified atom stereocenters. The van der Waals surface area contributed by atoms with Gasteiger partial charge in [0, 0.05) is 0 Å². The molecule has 1 aromatic carbocycles. The zero-order valence-electron chi connectivity index (χ0n) is 7.46. The zero-order valence-corrected chi connectivity index (χ0v) is 7.46. The summed E-state index contributed by atoms with van der Waals surface area (Å²) in [6, 6.07) is 6.17. The summed E-state index contributed by atoms with van der Waals surface area (Å²) < 4.78 is 12.7. The van der Waals surface area contributed by atoms with Gasteiger partial charge in [-0.1, -0.05) is 19.1 Å². The number of rotatable bonds is 3. The highest BCUT2D eigenvalue weighted by atomic mass is 19.1. The van der Waals surface area contributed by atoms with Gasteiger partial charge in [0.05, 0.1) is 0 Å². The molecule has 0 N–H and O–H groups in total. The summed E-state index contributed by atoms with van der Waals surface area (Å²) in [5, 5.41) is 0. The van der Waals surface area contributed by atoms with Gasteiger partial charge in [-0.15, -0.1) is 0 Å². The highest BCUT2D eigenvalue weighted by molar-refractivity contribution is 5.81. The second-order valence-corrected chi connectivity index (χ2v) is 2.75. The third-order valence-electron chi connectivity index (χ3n) is 1.76. The van der Waals surface area contributed by atoms with Crippen LogP contribution in [0, 0.1) is 5.82 Å². The van der Waals surface area contributed by atoms with Crippen molar-refractivity contribution in [2.24, 2.45) is 0 Å². The molecule has 2 heteroatoms. The van der Waals surface area contributed by atoms with Gasteiger partial charge in [-0.25, -0.2) is 4.39 Å². The monoisotopic (exact) mass is 178 g/mol. The van der Waals surface area contributed by atoms with Crippen molar-refractivity contribution in [2.75, 3.05) is 0 Å². The van der Waals surface area contributed by atoms with Gasteiger partial charge in [0.15, 0.2) is 0 Å². The van der Waals surface area contributed by atoms with E-state index in [1.54, 1.807) is 18.2 Å². The van der Waals surface area contributed by atoms with Crippen molar-refractivity contribution in [3.05, 3.63) is 41.2 Å². The largest absolute Gasteiger partial charge is 0.298 e. The van der Waals surface area contributed by atoms with E-state index < -0.39 is 0 Å². The molecule has 13 heavy (non-hydrogen) atoms. The third kappa shape index (κ3) is 2.82. The van der Waals surface area contributed by atoms with Crippen LogP contribution in [0.1, 0.15) is 18.9 Å². The van der Waals surface area contributed by atoms with E-state index in [4.69, 9.17) is 0 Å². The fraction of sp³-hybridized carbons (Fsp3) is 0.182. The van der Waals surface area contributed by atoms with Gasteiger partial charge in [0.1, 0.15) is 12.1 Å². The molecular formula is C11H11FO. The first kappa shape index (κ1) is 9.65. The van der Waals surface area contributed by atoms with Crippen LogP contribution in [0.3, 0.4) is 0 Å². The molecule has 0 aliphatic rings. The molecule has 1 rings (SSSR count). The number of carbonyl (C=O) groups is 1. The standard InChI is InChI=1S/C11H11FO/c1-2-9(8-13)6-10-4-3-5-11(12)7-10/h3-8H,2H2,1H3. The van der Waals surface area contributed by atoms with E-state index in [1.807, 2.05) is 6.92 Å². The molecule has 0 spiro atoms. The maximum atomic E-state index is 12.7. The van der Waals surface area contributed by atoms with Crippen molar-refractivity contribution in [3.8, 4) is 0 Å². The number of hydrogen-bond acceptors (Lipinski definition) is 1. The second kappa shape index (κ2) is 4.55. The molecular weight excluding hydrogens is 167 g/mol. The highest BCUT2D eigenvalue weighted by Gasteiger charge is 1.94. The van der Waals surface area contributed by atoms with Crippen LogP contribution in [0.2, 0.25) is 0 Å². The van der Waals surface area contributed by atoms with E-state index in [1.165, 1.54) is 12.1 Å². The van der Waals surface area contributed by atoms with Gasteiger partial charge in [-0.05, 0) is 35.8 Å². The van der Waals surface area contributed by atoms with Crippen LogP contribution < -0.4 is 0 Å². The summed E-state index contributed by atoms with van der Waals surface area (Å²) in [6.45, 7) is 1.89. The Kier molecular flexibility index (Phi) is 3.38. The normalized spacial score (nSPS) is 11.4. The number of hydrogen-bond donors (Lipinski definition) is 0. The Morgan fingerprint density at radius 2 is 2.31 bits per heavy atom. The predicted molar refractivity (Wildman–Crippen MR) is 50.7 cm³/mol. The van der Waals surface area contributed by atoms with Crippen LogP contribution in [0.25, 0.3) is 6.08 Å². The molecule has 0 aliphatic heterocycles. The van der Waals surface area contributed by atoms with Crippen molar-refractivity contribution >= 4 is 12.4 Å². The molecule has 1 nitrogen and oxygen atoms in total. The number of aldehydes is 1. The molecule has 0 amide bonds. The van der Waals surface area contributed by atoms with E-state index in [-0.39, 0.29) is 5.82 Å². The molecule has 0 saturated heterocycles. The van der Waals surface area contributed by atoms with Crippen LogP contribution in [-0.4, -0.2) is 6.29 Å². The molecule has 0 radical (unpaired) electrons. The first-order chi connectivity index (χ1) is 6.26. The van der Waals surface area contributed by atoms with Gasteiger partial charge in [-0.2, -0.15) is 0 Å². The fourth-order valence-electron chi connectivity index (χ4n) is 1.03. The minimum absolute atomic E-state index is 0.282. The average molecular weight is 178 g/mol. The molecule has 0 aromatic heterocycles. The molecule has 0 bridgehead atoms. The minimum atomic E-state index is -0.282. The zero-order chi connectivity index (χ0) is 9.68. The topological polar surface area (TPSA) is 17.1 Å². The molecule has 0 saturated carbocycles. The Labute approximate surface area is 76.9 Å². The molecule has 0 fully saturated rings. The van der Waals surface area contributed by atoms with Gasteiger partial charge < -0.3 is 0 Å².